The summed E-state index contributed by atoms with van der Waals surface area (Å²) >= 11 is -1.34. The van der Waals surface area contributed by atoms with Crippen LogP contribution in [0.4, 0.5) is 0 Å². The molecule has 0 aliphatic heterocycles. The van der Waals surface area contributed by atoms with Crippen LogP contribution in [-0.4, -0.2) is 13.6 Å². The van der Waals surface area contributed by atoms with Crippen molar-refractivity contribution in [1.82, 2.24) is 0 Å². The summed E-state index contributed by atoms with van der Waals surface area (Å²) in [6.07, 6.45) is 23.7. The Morgan fingerprint density at radius 3 is 0.962 bits per heavy atom. The number of unbranched alkanes of at least 4 members (excludes halogenated alkanes) is 12. The first-order valence-electron chi connectivity index (χ1n) is 12.1. The second kappa shape index (κ2) is 22.3. The van der Waals surface area contributed by atoms with Crippen molar-refractivity contribution in [3.8, 4) is 0 Å². The fraction of sp³-hybridized carbons (Fsp3) is 1.00. The molecule has 0 N–H and O–H groups in total. The molecule has 0 fully saturated rings. The second-order valence-electron chi connectivity index (χ2n) is 8.48. The van der Waals surface area contributed by atoms with E-state index >= 15 is 0 Å². The van der Waals surface area contributed by atoms with Crippen molar-refractivity contribution in [2.24, 2.45) is 0 Å². The van der Waals surface area contributed by atoms with Crippen LogP contribution in [0.2, 0.25) is 20.8 Å². The first-order valence-corrected chi connectivity index (χ1v) is 17.4. The molecule has 0 aromatic carbocycles. The molecule has 0 amide bonds. The number of hydrogen-bond donors (Lipinski definition) is 0. The van der Waals surface area contributed by atoms with Crippen LogP contribution in [0, 0.1) is 0 Å². The summed E-state index contributed by atoms with van der Waals surface area (Å²) < 4.78 is 0. The van der Waals surface area contributed by atoms with Crippen LogP contribution in [-0.2, 0) is 0 Å². The maximum absolute atomic E-state index is 2.39. The van der Waals surface area contributed by atoms with Crippen LogP contribution >= 0.6 is 0 Å². The topological polar surface area (TPSA) is 0 Å². The van der Waals surface area contributed by atoms with E-state index in [2.05, 4.69) is 27.7 Å². The average molecular weight is 496 g/mol. The molecule has 0 saturated heterocycles. The van der Waals surface area contributed by atoms with E-state index in [0.717, 1.165) is 0 Å². The van der Waals surface area contributed by atoms with Gasteiger partial charge in [0.15, 0.2) is 0 Å². The van der Waals surface area contributed by atoms with E-state index < -0.39 is 13.6 Å². The molecule has 0 aliphatic rings. The Kier molecular flexibility index (Phi) is 25.1. The van der Waals surface area contributed by atoms with Gasteiger partial charge in [0, 0.05) is 0 Å². The Bertz CT molecular complexity index is 233. The third-order valence-electron chi connectivity index (χ3n) is 5.94. The van der Waals surface area contributed by atoms with Gasteiger partial charge in [-0.1, -0.05) is 0 Å². The Labute approximate surface area is 181 Å². The van der Waals surface area contributed by atoms with Gasteiger partial charge in [-0.05, 0) is 0 Å². The minimum absolute atomic E-state index is 0. The fourth-order valence-electron chi connectivity index (χ4n) is 4.09. The van der Waals surface area contributed by atoms with Gasteiger partial charge in [-0.3, -0.25) is 0 Å². The number of halogens is 1. The van der Waals surface area contributed by atoms with Crippen molar-refractivity contribution in [2.45, 2.75) is 151 Å². The minimum atomic E-state index is -1.34. The van der Waals surface area contributed by atoms with Gasteiger partial charge >= 0.3 is 165 Å². The van der Waals surface area contributed by atoms with Gasteiger partial charge in [-0.2, -0.15) is 0 Å². The summed E-state index contributed by atoms with van der Waals surface area (Å²) in [5.74, 6) is 0. The average Bonchev–Trinajstić information content (AvgIpc) is 2.64. The molecule has 0 aromatic heterocycles. The molecular weight excluding hydrogens is 443 g/mol. The zero-order chi connectivity index (χ0) is 18.6. The van der Waals surface area contributed by atoms with E-state index in [1.165, 1.54) is 96.3 Å². The molecule has 0 atom stereocenters. The van der Waals surface area contributed by atoms with E-state index in [9.17, 15) is 0 Å². The molecule has 0 radical (unpaired) electrons. The molecule has 0 bridgehead atoms. The number of hydrogen-bond acceptors (Lipinski definition) is 0. The predicted octanol–water partition coefficient (Wildman–Crippen LogP) is 6.76. The number of rotatable bonds is 20. The molecule has 26 heavy (non-hydrogen) atoms. The quantitative estimate of drug-likeness (QED) is 0.129. The summed E-state index contributed by atoms with van der Waals surface area (Å²) in [6, 6.07) is 0. The third kappa shape index (κ3) is 17.2. The van der Waals surface area contributed by atoms with Crippen molar-refractivity contribution in [3.63, 3.8) is 0 Å². The first-order chi connectivity index (χ1) is 12.2. The third-order valence-corrected chi connectivity index (χ3v) is 16.6. The van der Waals surface area contributed by atoms with E-state index in [-0.39, 0.29) is 17.0 Å². The van der Waals surface area contributed by atoms with E-state index in [0.29, 0.717) is 0 Å². The molecule has 0 rings (SSSR count). The second-order valence-corrected chi connectivity index (χ2v) is 17.9. The Hall–Kier alpha value is 1.04. The standard InChI is InChI=1S/C24H52As.BrH/c1-5-9-13-14-15-16-17-18-19-20-24-25(21-10-6-2,22-11-7-3)23-12-8-4;/h5-24H2,1-4H3;1H/q+1;/p-1. The van der Waals surface area contributed by atoms with Gasteiger partial charge in [0.1, 0.15) is 0 Å². The molecule has 0 saturated carbocycles. The van der Waals surface area contributed by atoms with Gasteiger partial charge < -0.3 is 17.0 Å². The molecule has 0 unspecified atom stereocenters. The SMILES string of the molecule is CCCCCCCCCCCC[As+](CCCC)(CCCC)CCCC.[Br-]. The maximum atomic E-state index is 2.39. The zero-order valence-corrected chi connectivity index (χ0v) is 22.4. The zero-order valence-electron chi connectivity index (χ0n) is 19.0. The van der Waals surface area contributed by atoms with Crippen LogP contribution < -0.4 is 17.0 Å². The summed E-state index contributed by atoms with van der Waals surface area (Å²) in [5.41, 5.74) is 0. The fourth-order valence-corrected chi connectivity index (χ4v) is 15.0. The molecule has 0 nitrogen and oxygen atoms in total. The predicted molar refractivity (Wildman–Crippen MR) is 122 cm³/mol. The van der Waals surface area contributed by atoms with Gasteiger partial charge in [-0.25, -0.2) is 0 Å². The molecule has 2 heteroatoms. The van der Waals surface area contributed by atoms with Gasteiger partial charge in [-0.15, -0.1) is 0 Å². The summed E-state index contributed by atoms with van der Waals surface area (Å²) in [7, 11) is 0. The molecular formula is C24H52AsBr. The van der Waals surface area contributed by atoms with E-state index in [1.54, 1.807) is 27.3 Å². The van der Waals surface area contributed by atoms with Gasteiger partial charge in [0.25, 0.3) is 0 Å². The largest absolute Gasteiger partial charge is 1.00 e. The Morgan fingerprint density at radius 2 is 0.615 bits per heavy atom. The molecule has 0 aliphatic carbocycles. The summed E-state index contributed by atoms with van der Waals surface area (Å²) in [4.78, 5) is 0. The van der Waals surface area contributed by atoms with Crippen molar-refractivity contribution in [1.29, 1.82) is 0 Å². The Morgan fingerprint density at radius 1 is 0.346 bits per heavy atom. The first kappa shape index (κ1) is 29.2. The van der Waals surface area contributed by atoms with Gasteiger partial charge in [0.05, 0.1) is 0 Å². The van der Waals surface area contributed by atoms with Crippen LogP contribution in [0.5, 0.6) is 0 Å². The summed E-state index contributed by atoms with van der Waals surface area (Å²) in [6.45, 7) is 9.49. The Balaban J connectivity index is 0. The van der Waals surface area contributed by atoms with E-state index in [1.807, 2.05) is 0 Å². The normalized spacial score (nSPS) is 11.5. The van der Waals surface area contributed by atoms with Crippen molar-refractivity contribution >= 4 is 13.6 Å². The van der Waals surface area contributed by atoms with Crippen LogP contribution in [0.25, 0.3) is 0 Å². The molecule has 0 spiro atoms. The van der Waals surface area contributed by atoms with Crippen LogP contribution in [0.3, 0.4) is 0 Å². The molecule has 0 heterocycles. The van der Waals surface area contributed by atoms with Crippen molar-refractivity contribution < 1.29 is 17.0 Å². The monoisotopic (exact) mass is 494 g/mol. The summed E-state index contributed by atoms with van der Waals surface area (Å²) in [5, 5.41) is 6.71. The van der Waals surface area contributed by atoms with Crippen LogP contribution in [0.1, 0.15) is 130 Å². The maximum Gasteiger partial charge on any atom is -1.00 e. The van der Waals surface area contributed by atoms with E-state index in [4.69, 9.17) is 0 Å². The molecule has 0 aromatic rings. The molecule has 160 valence electrons. The van der Waals surface area contributed by atoms with Crippen molar-refractivity contribution in [2.75, 3.05) is 0 Å². The smallest absolute Gasteiger partial charge is 1.00 e. The minimum Gasteiger partial charge on any atom is -1.00 e. The van der Waals surface area contributed by atoms with Crippen LogP contribution in [0.15, 0.2) is 0 Å². The van der Waals surface area contributed by atoms with Crippen molar-refractivity contribution in [3.05, 3.63) is 0 Å². The van der Waals surface area contributed by atoms with Gasteiger partial charge in [0.2, 0.25) is 0 Å².